The van der Waals surface area contributed by atoms with E-state index in [9.17, 15) is 17.2 Å². The predicted octanol–water partition coefficient (Wildman–Crippen LogP) is 2.15. The normalized spacial score (nSPS) is 11.4. The van der Waals surface area contributed by atoms with Gasteiger partial charge in [-0.3, -0.25) is 0 Å². The second-order valence-electron chi connectivity index (χ2n) is 2.89. The zero-order valence-electron chi connectivity index (χ0n) is 8.00. The Labute approximate surface area is 100 Å². The van der Waals surface area contributed by atoms with E-state index in [0.29, 0.717) is 4.48 Å². The molecule has 0 aliphatic rings. The Morgan fingerprint density at radius 1 is 1.38 bits per heavy atom. The van der Waals surface area contributed by atoms with Gasteiger partial charge in [-0.05, 0) is 12.1 Å². The third-order valence-electron chi connectivity index (χ3n) is 1.64. The average molecular weight is 312 g/mol. The van der Waals surface area contributed by atoms with Gasteiger partial charge >= 0.3 is 0 Å². The van der Waals surface area contributed by atoms with Gasteiger partial charge in [0.05, 0.1) is 0 Å². The van der Waals surface area contributed by atoms with E-state index in [1.54, 1.807) is 0 Å². The second kappa shape index (κ2) is 5.03. The largest absolute Gasteiger partial charge is 0.246 e. The van der Waals surface area contributed by atoms with Crippen LogP contribution in [-0.2, 0) is 10.0 Å². The van der Waals surface area contributed by atoms with Crippen LogP contribution in [0.2, 0.25) is 0 Å². The highest BCUT2D eigenvalue weighted by atomic mass is 79.9. The molecular weight excluding hydrogens is 304 g/mol. The summed E-state index contributed by atoms with van der Waals surface area (Å²) in [6, 6.07) is 2.84. The zero-order chi connectivity index (χ0) is 12.3. The molecule has 7 heteroatoms. The third kappa shape index (κ3) is 3.10. The van der Waals surface area contributed by atoms with Crippen molar-refractivity contribution in [3.05, 3.63) is 40.9 Å². The number of halogens is 3. The van der Waals surface area contributed by atoms with E-state index < -0.39 is 26.6 Å². The molecule has 0 saturated heterocycles. The van der Waals surface area contributed by atoms with Crippen molar-refractivity contribution in [3.63, 3.8) is 0 Å². The molecule has 16 heavy (non-hydrogen) atoms. The molecular formula is C9H8BrF2NO2S. The molecule has 0 saturated carbocycles. The lowest BCUT2D eigenvalue weighted by atomic mass is 10.3. The number of benzene rings is 1. The molecule has 1 aromatic carbocycles. The van der Waals surface area contributed by atoms with Gasteiger partial charge in [0.25, 0.3) is 0 Å². The molecule has 0 aliphatic heterocycles. The first-order valence-electron chi connectivity index (χ1n) is 4.11. The van der Waals surface area contributed by atoms with E-state index in [0.717, 1.165) is 18.2 Å². The van der Waals surface area contributed by atoms with Gasteiger partial charge in [-0.1, -0.05) is 28.6 Å². The Balaban J connectivity index is 3.12. The van der Waals surface area contributed by atoms with Crippen molar-refractivity contribution >= 4 is 26.0 Å². The van der Waals surface area contributed by atoms with Crippen molar-refractivity contribution in [3.8, 4) is 0 Å². The summed E-state index contributed by atoms with van der Waals surface area (Å²) in [5.41, 5.74) is 0. The summed E-state index contributed by atoms with van der Waals surface area (Å²) in [5, 5.41) is 0. The number of rotatable bonds is 4. The van der Waals surface area contributed by atoms with Crippen molar-refractivity contribution in [2.45, 2.75) is 4.90 Å². The molecule has 1 aromatic rings. The van der Waals surface area contributed by atoms with Crippen molar-refractivity contribution in [2.75, 3.05) is 6.54 Å². The summed E-state index contributed by atoms with van der Waals surface area (Å²) in [4.78, 5) is -0.983. The molecule has 0 aromatic heterocycles. The molecule has 0 atom stereocenters. The lowest BCUT2D eigenvalue weighted by Crippen LogP contribution is -2.26. The van der Waals surface area contributed by atoms with Gasteiger partial charge in [-0.2, -0.15) is 0 Å². The van der Waals surface area contributed by atoms with Crippen LogP contribution in [0, 0.1) is 11.6 Å². The van der Waals surface area contributed by atoms with Crippen LogP contribution >= 0.6 is 15.9 Å². The Morgan fingerprint density at radius 2 is 1.88 bits per heavy atom. The molecule has 0 bridgehead atoms. The molecule has 0 spiro atoms. The van der Waals surface area contributed by atoms with Crippen molar-refractivity contribution in [2.24, 2.45) is 0 Å². The van der Waals surface area contributed by atoms with Crippen LogP contribution in [0.1, 0.15) is 0 Å². The van der Waals surface area contributed by atoms with Gasteiger partial charge in [0.2, 0.25) is 10.0 Å². The predicted molar refractivity (Wildman–Crippen MR) is 59.6 cm³/mol. The first kappa shape index (κ1) is 13.3. The lowest BCUT2D eigenvalue weighted by Gasteiger charge is -2.07. The highest BCUT2D eigenvalue weighted by Crippen LogP contribution is 2.18. The molecule has 0 amide bonds. The fraction of sp³-hybridized carbons (Fsp3) is 0.111. The van der Waals surface area contributed by atoms with Gasteiger partial charge in [0.1, 0.15) is 11.6 Å². The SMILES string of the molecule is C=C(Br)CNS(=O)(=O)c1c(F)cccc1F. The number of nitrogens with one attached hydrogen (secondary N) is 1. The molecule has 3 nitrogen and oxygen atoms in total. The van der Waals surface area contributed by atoms with Crippen LogP contribution < -0.4 is 4.72 Å². The van der Waals surface area contributed by atoms with E-state index >= 15 is 0 Å². The summed E-state index contributed by atoms with van der Waals surface area (Å²) in [6.45, 7) is 3.26. The van der Waals surface area contributed by atoms with E-state index in [1.165, 1.54) is 0 Å². The van der Waals surface area contributed by atoms with Gasteiger partial charge in [-0.25, -0.2) is 21.9 Å². The maximum atomic E-state index is 13.2. The monoisotopic (exact) mass is 311 g/mol. The minimum absolute atomic E-state index is 0.143. The Bertz CT molecular complexity index is 496. The summed E-state index contributed by atoms with van der Waals surface area (Å²) in [7, 11) is -4.21. The summed E-state index contributed by atoms with van der Waals surface area (Å²) < 4.78 is 51.8. The molecule has 0 radical (unpaired) electrons. The second-order valence-corrected chi connectivity index (χ2v) is 5.72. The third-order valence-corrected chi connectivity index (χ3v) is 3.37. The van der Waals surface area contributed by atoms with E-state index in [4.69, 9.17) is 0 Å². The Morgan fingerprint density at radius 3 is 2.31 bits per heavy atom. The fourth-order valence-corrected chi connectivity index (χ4v) is 2.47. The maximum Gasteiger partial charge on any atom is 0.246 e. The Kier molecular flexibility index (Phi) is 4.17. The van der Waals surface area contributed by atoms with Crippen LogP contribution in [-0.4, -0.2) is 15.0 Å². The Hall–Kier alpha value is -0.790. The average Bonchev–Trinajstić information content (AvgIpc) is 2.14. The number of hydrogen-bond acceptors (Lipinski definition) is 2. The number of sulfonamides is 1. The van der Waals surface area contributed by atoms with Crippen LogP contribution in [0.4, 0.5) is 8.78 Å². The van der Waals surface area contributed by atoms with Crippen molar-refractivity contribution in [1.82, 2.24) is 4.72 Å². The molecule has 1 rings (SSSR count). The first-order chi connectivity index (χ1) is 7.34. The smallest absolute Gasteiger partial charge is 0.207 e. The minimum Gasteiger partial charge on any atom is -0.207 e. The van der Waals surface area contributed by atoms with Crippen molar-refractivity contribution < 1.29 is 17.2 Å². The maximum absolute atomic E-state index is 13.2. The highest BCUT2D eigenvalue weighted by molar-refractivity contribution is 9.11. The molecule has 0 heterocycles. The fourth-order valence-electron chi connectivity index (χ4n) is 0.985. The van der Waals surface area contributed by atoms with E-state index in [-0.39, 0.29) is 6.54 Å². The molecule has 0 aliphatic carbocycles. The van der Waals surface area contributed by atoms with Crippen LogP contribution in [0.25, 0.3) is 0 Å². The lowest BCUT2D eigenvalue weighted by molar-refractivity contribution is 0.515. The molecule has 0 fully saturated rings. The minimum atomic E-state index is -4.21. The van der Waals surface area contributed by atoms with Crippen LogP contribution in [0.5, 0.6) is 0 Å². The van der Waals surface area contributed by atoms with Gasteiger partial charge in [0.15, 0.2) is 4.90 Å². The van der Waals surface area contributed by atoms with Gasteiger partial charge in [0, 0.05) is 11.0 Å². The van der Waals surface area contributed by atoms with Crippen LogP contribution in [0.3, 0.4) is 0 Å². The highest BCUT2D eigenvalue weighted by Gasteiger charge is 2.23. The van der Waals surface area contributed by atoms with Crippen LogP contribution in [0.15, 0.2) is 34.2 Å². The molecule has 0 unspecified atom stereocenters. The molecule has 88 valence electrons. The number of hydrogen-bond donors (Lipinski definition) is 1. The van der Waals surface area contributed by atoms with E-state index in [1.807, 2.05) is 4.72 Å². The summed E-state index contributed by atoms with van der Waals surface area (Å²) in [6.07, 6.45) is 0. The molecule has 1 N–H and O–H groups in total. The van der Waals surface area contributed by atoms with E-state index in [2.05, 4.69) is 22.5 Å². The van der Waals surface area contributed by atoms with Crippen molar-refractivity contribution in [1.29, 1.82) is 0 Å². The van der Waals surface area contributed by atoms with Gasteiger partial charge in [-0.15, -0.1) is 0 Å². The standard InChI is InChI=1S/C9H8BrF2NO2S/c1-6(10)5-13-16(14,15)9-7(11)3-2-4-8(9)12/h2-4,13H,1,5H2. The summed E-state index contributed by atoms with van der Waals surface area (Å²) >= 11 is 2.93. The first-order valence-corrected chi connectivity index (χ1v) is 6.39. The quantitative estimate of drug-likeness (QED) is 0.926. The zero-order valence-corrected chi connectivity index (χ0v) is 10.4. The topological polar surface area (TPSA) is 46.2 Å². The van der Waals surface area contributed by atoms with Gasteiger partial charge < -0.3 is 0 Å². The summed E-state index contributed by atoms with van der Waals surface area (Å²) in [5.74, 6) is -2.26.